The maximum atomic E-state index is 12.4. The lowest BCUT2D eigenvalue weighted by atomic mass is 9.84. The molecule has 0 aromatic carbocycles. The monoisotopic (exact) mass is 265 g/mol. The van der Waals surface area contributed by atoms with Gasteiger partial charge in [-0.25, -0.2) is 4.98 Å². The molecule has 2 rings (SSSR count). The molecule has 1 aromatic heterocycles. The van der Waals surface area contributed by atoms with Gasteiger partial charge in [-0.05, 0) is 19.8 Å². The van der Waals surface area contributed by atoms with Gasteiger partial charge in [0.1, 0.15) is 11.4 Å². The van der Waals surface area contributed by atoms with Crippen molar-refractivity contribution in [1.29, 1.82) is 0 Å². The first-order chi connectivity index (χ1) is 9.22. The number of hydrogen-bond donors (Lipinski definition) is 1. The summed E-state index contributed by atoms with van der Waals surface area (Å²) in [6.07, 6.45) is 8.63. The fourth-order valence-corrected chi connectivity index (χ4v) is 2.76. The van der Waals surface area contributed by atoms with E-state index in [1.807, 2.05) is 10.8 Å². The predicted molar refractivity (Wildman–Crippen MR) is 72.6 cm³/mol. The minimum atomic E-state index is -0.623. The number of nitrogens with zero attached hydrogens (tertiary/aromatic N) is 2. The molecule has 1 aliphatic carbocycles. The number of carbonyl (C=O) groups excluding carboxylic acids is 1. The van der Waals surface area contributed by atoms with Crippen LogP contribution in [0.25, 0.3) is 0 Å². The molecular weight excluding hydrogens is 242 g/mol. The minimum absolute atomic E-state index is 0.000327. The van der Waals surface area contributed by atoms with E-state index in [4.69, 9.17) is 4.74 Å². The minimum Gasteiger partial charge on any atom is -0.368 e. The SMILES string of the molecule is CCn1ccnc1CNC(=O)C1(OC)CCCCC1. The van der Waals surface area contributed by atoms with Crippen LogP contribution in [0.2, 0.25) is 0 Å². The molecule has 0 atom stereocenters. The Kier molecular flexibility index (Phi) is 4.58. The molecule has 1 amide bonds. The van der Waals surface area contributed by atoms with E-state index < -0.39 is 5.60 Å². The topological polar surface area (TPSA) is 56.2 Å². The van der Waals surface area contributed by atoms with Crippen LogP contribution in [0, 0.1) is 0 Å². The zero-order chi connectivity index (χ0) is 13.7. The fraction of sp³-hybridized carbons (Fsp3) is 0.714. The van der Waals surface area contributed by atoms with Crippen molar-refractivity contribution in [3.05, 3.63) is 18.2 Å². The van der Waals surface area contributed by atoms with Gasteiger partial charge in [-0.15, -0.1) is 0 Å². The van der Waals surface area contributed by atoms with E-state index in [9.17, 15) is 4.79 Å². The summed E-state index contributed by atoms with van der Waals surface area (Å²) in [6, 6.07) is 0. The Labute approximate surface area is 114 Å². The molecule has 1 aliphatic rings. The van der Waals surface area contributed by atoms with E-state index in [-0.39, 0.29) is 5.91 Å². The number of aryl methyl sites for hydroxylation is 1. The molecular formula is C14H23N3O2. The summed E-state index contributed by atoms with van der Waals surface area (Å²) in [5.41, 5.74) is -0.623. The third-order valence-corrected chi connectivity index (χ3v) is 4.02. The Balaban J connectivity index is 1.96. The number of rotatable bonds is 5. The number of amides is 1. The molecule has 0 aliphatic heterocycles. The molecule has 0 unspecified atom stereocenters. The number of nitrogens with one attached hydrogen (secondary N) is 1. The molecule has 1 aromatic rings. The van der Waals surface area contributed by atoms with Crippen molar-refractivity contribution in [3.63, 3.8) is 0 Å². The smallest absolute Gasteiger partial charge is 0.252 e. The van der Waals surface area contributed by atoms with E-state index in [1.165, 1.54) is 6.42 Å². The molecule has 1 heterocycles. The quantitative estimate of drug-likeness (QED) is 0.884. The molecule has 106 valence electrons. The summed E-state index contributed by atoms with van der Waals surface area (Å²) in [5.74, 6) is 0.887. The van der Waals surface area contributed by atoms with Gasteiger partial charge in [-0.1, -0.05) is 19.3 Å². The second-order valence-corrected chi connectivity index (χ2v) is 5.07. The Morgan fingerprint density at radius 1 is 1.47 bits per heavy atom. The van der Waals surface area contributed by atoms with E-state index >= 15 is 0 Å². The summed E-state index contributed by atoms with van der Waals surface area (Å²) >= 11 is 0. The van der Waals surface area contributed by atoms with Crippen LogP contribution in [0.1, 0.15) is 44.9 Å². The van der Waals surface area contributed by atoms with Gasteiger partial charge in [0.15, 0.2) is 0 Å². The standard InChI is InChI=1S/C14H23N3O2/c1-3-17-10-9-15-12(17)11-16-13(18)14(19-2)7-5-4-6-8-14/h9-10H,3-8,11H2,1-2H3,(H,16,18). The number of imidazole rings is 1. The Hall–Kier alpha value is -1.36. The molecule has 5 nitrogen and oxygen atoms in total. The molecule has 1 N–H and O–H groups in total. The Morgan fingerprint density at radius 2 is 2.21 bits per heavy atom. The number of carbonyl (C=O) groups is 1. The van der Waals surface area contributed by atoms with Crippen LogP contribution >= 0.6 is 0 Å². The summed E-state index contributed by atoms with van der Waals surface area (Å²) in [7, 11) is 1.64. The average Bonchev–Trinajstić information content (AvgIpc) is 2.92. The van der Waals surface area contributed by atoms with Gasteiger partial charge in [0.05, 0.1) is 6.54 Å². The fourth-order valence-electron chi connectivity index (χ4n) is 2.76. The summed E-state index contributed by atoms with van der Waals surface area (Å²) in [5, 5.41) is 2.97. The van der Waals surface area contributed by atoms with Gasteiger partial charge >= 0.3 is 0 Å². The van der Waals surface area contributed by atoms with Crippen molar-refractivity contribution < 1.29 is 9.53 Å². The van der Waals surface area contributed by atoms with Crippen molar-refractivity contribution >= 4 is 5.91 Å². The molecule has 0 saturated heterocycles. The number of hydrogen-bond acceptors (Lipinski definition) is 3. The van der Waals surface area contributed by atoms with Gasteiger partial charge in [-0.3, -0.25) is 4.79 Å². The van der Waals surface area contributed by atoms with Crippen LogP contribution in [0.15, 0.2) is 12.4 Å². The average molecular weight is 265 g/mol. The lowest BCUT2D eigenvalue weighted by Gasteiger charge is -2.34. The largest absolute Gasteiger partial charge is 0.368 e. The number of aromatic nitrogens is 2. The lowest BCUT2D eigenvalue weighted by Crippen LogP contribution is -2.49. The molecule has 19 heavy (non-hydrogen) atoms. The molecule has 0 radical (unpaired) electrons. The van der Waals surface area contributed by atoms with Crippen LogP contribution in [-0.4, -0.2) is 28.2 Å². The third kappa shape index (κ3) is 2.97. The van der Waals surface area contributed by atoms with Crippen LogP contribution < -0.4 is 5.32 Å². The van der Waals surface area contributed by atoms with E-state index in [2.05, 4.69) is 17.2 Å². The van der Waals surface area contributed by atoms with Gasteiger partial charge < -0.3 is 14.6 Å². The van der Waals surface area contributed by atoms with Crippen LogP contribution in [0.4, 0.5) is 0 Å². The van der Waals surface area contributed by atoms with Gasteiger partial charge in [0.2, 0.25) is 0 Å². The predicted octanol–water partition coefficient (Wildman–Crippen LogP) is 1.87. The highest BCUT2D eigenvalue weighted by Crippen LogP contribution is 2.31. The highest BCUT2D eigenvalue weighted by molar-refractivity contribution is 5.85. The zero-order valence-electron chi connectivity index (χ0n) is 11.8. The maximum Gasteiger partial charge on any atom is 0.252 e. The van der Waals surface area contributed by atoms with Crippen molar-refractivity contribution in [2.75, 3.05) is 7.11 Å². The van der Waals surface area contributed by atoms with Crippen molar-refractivity contribution in [3.8, 4) is 0 Å². The van der Waals surface area contributed by atoms with Crippen LogP contribution in [-0.2, 0) is 22.6 Å². The second-order valence-electron chi connectivity index (χ2n) is 5.07. The second kappa shape index (κ2) is 6.19. The molecule has 5 heteroatoms. The third-order valence-electron chi connectivity index (χ3n) is 4.02. The molecule has 0 spiro atoms. The van der Waals surface area contributed by atoms with Gasteiger partial charge in [-0.2, -0.15) is 0 Å². The van der Waals surface area contributed by atoms with Crippen LogP contribution in [0.5, 0.6) is 0 Å². The van der Waals surface area contributed by atoms with Gasteiger partial charge in [0.25, 0.3) is 5.91 Å². The summed E-state index contributed by atoms with van der Waals surface area (Å²) in [6.45, 7) is 3.39. The number of ether oxygens (including phenoxy) is 1. The van der Waals surface area contributed by atoms with E-state index in [0.717, 1.165) is 38.1 Å². The maximum absolute atomic E-state index is 12.4. The van der Waals surface area contributed by atoms with Crippen molar-refractivity contribution in [1.82, 2.24) is 14.9 Å². The Morgan fingerprint density at radius 3 is 2.84 bits per heavy atom. The summed E-state index contributed by atoms with van der Waals surface area (Å²) in [4.78, 5) is 16.6. The highest BCUT2D eigenvalue weighted by Gasteiger charge is 2.39. The van der Waals surface area contributed by atoms with Gasteiger partial charge in [0, 0.05) is 26.0 Å². The van der Waals surface area contributed by atoms with E-state index in [0.29, 0.717) is 6.54 Å². The first kappa shape index (κ1) is 14.1. The Bertz CT molecular complexity index is 422. The molecule has 1 saturated carbocycles. The van der Waals surface area contributed by atoms with Crippen molar-refractivity contribution in [2.45, 2.75) is 57.7 Å². The molecule has 0 bridgehead atoms. The first-order valence-corrected chi connectivity index (χ1v) is 7.05. The first-order valence-electron chi connectivity index (χ1n) is 7.05. The zero-order valence-corrected chi connectivity index (χ0v) is 11.8. The summed E-state index contributed by atoms with van der Waals surface area (Å²) < 4.78 is 7.56. The highest BCUT2D eigenvalue weighted by atomic mass is 16.5. The molecule has 1 fully saturated rings. The van der Waals surface area contributed by atoms with E-state index in [1.54, 1.807) is 13.3 Å². The van der Waals surface area contributed by atoms with Crippen molar-refractivity contribution in [2.24, 2.45) is 0 Å². The normalized spacial score (nSPS) is 18.2. The lowest BCUT2D eigenvalue weighted by molar-refractivity contribution is -0.147. The van der Waals surface area contributed by atoms with Crippen LogP contribution in [0.3, 0.4) is 0 Å². The number of methoxy groups -OCH3 is 1.